The highest BCUT2D eigenvalue weighted by molar-refractivity contribution is 5.82. The van der Waals surface area contributed by atoms with E-state index in [1.54, 1.807) is 11.9 Å². The molecule has 2 N–H and O–H groups in total. The van der Waals surface area contributed by atoms with Crippen molar-refractivity contribution in [1.29, 1.82) is 0 Å². The summed E-state index contributed by atoms with van der Waals surface area (Å²) in [6, 6.07) is 0. The highest BCUT2D eigenvalue weighted by Crippen LogP contribution is 2.16. The van der Waals surface area contributed by atoms with E-state index < -0.39 is 5.41 Å². The molecule has 1 amide bonds. The Bertz CT molecular complexity index is 252. The molecule has 0 saturated carbocycles. The maximum absolute atomic E-state index is 11.9. The molecule has 5 heteroatoms. The van der Waals surface area contributed by atoms with Crippen LogP contribution in [0.4, 0.5) is 0 Å². The summed E-state index contributed by atoms with van der Waals surface area (Å²) in [6.45, 7) is 4.48. The van der Waals surface area contributed by atoms with E-state index in [9.17, 15) is 9.59 Å². The number of carbonyl (C=O) groups excluding carboxylic acids is 2. The van der Waals surface area contributed by atoms with Gasteiger partial charge in [0.05, 0.1) is 12.5 Å². The molecule has 0 aliphatic carbocycles. The molecule has 94 valence electrons. The summed E-state index contributed by atoms with van der Waals surface area (Å²) in [5, 5.41) is 0. The number of hydrogen-bond donors (Lipinski definition) is 1. The van der Waals surface area contributed by atoms with Gasteiger partial charge in [0.15, 0.2) is 0 Å². The van der Waals surface area contributed by atoms with Gasteiger partial charge in [-0.25, -0.2) is 0 Å². The first-order chi connectivity index (χ1) is 7.35. The summed E-state index contributed by atoms with van der Waals surface area (Å²) in [5.74, 6) is -0.251. The lowest BCUT2D eigenvalue weighted by Gasteiger charge is -2.28. The average Bonchev–Trinajstić information content (AvgIpc) is 2.27. The fourth-order valence-electron chi connectivity index (χ4n) is 1.27. The second-order valence-corrected chi connectivity index (χ2v) is 4.49. The van der Waals surface area contributed by atoms with Crippen LogP contribution in [0.15, 0.2) is 0 Å². The van der Waals surface area contributed by atoms with Crippen molar-refractivity contribution in [2.75, 3.05) is 27.2 Å². The van der Waals surface area contributed by atoms with Crippen molar-refractivity contribution < 1.29 is 14.3 Å². The molecule has 0 heterocycles. The van der Waals surface area contributed by atoms with Gasteiger partial charge >= 0.3 is 5.97 Å². The van der Waals surface area contributed by atoms with Gasteiger partial charge < -0.3 is 15.4 Å². The second-order valence-electron chi connectivity index (χ2n) is 4.49. The fraction of sp³-hybridized carbons (Fsp3) is 0.818. The summed E-state index contributed by atoms with van der Waals surface area (Å²) >= 11 is 0. The van der Waals surface area contributed by atoms with Crippen LogP contribution in [-0.2, 0) is 14.3 Å². The molecule has 0 aliphatic rings. The summed E-state index contributed by atoms with van der Waals surface area (Å²) < 4.78 is 4.52. The van der Waals surface area contributed by atoms with Gasteiger partial charge in [0.1, 0.15) is 0 Å². The van der Waals surface area contributed by atoms with Crippen LogP contribution in [0, 0.1) is 5.41 Å². The van der Waals surface area contributed by atoms with Crippen LogP contribution >= 0.6 is 0 Å². The predicted molar refractivity (Wildman–Crippen MR) is 61.7 cm³/mol. The summed E-state index contributed by atoms with van der Waals surface area (Å²) in [6.07, 6.45) is 0.937. The fourth-order valence-corrected chi connectivity index (χ4v) is 1.27. The Morgan fingerprint density at radius 2 is 1.94 bits per heavy atom. The minimum atomic E-state index is -0.542. The third-order valence-electron chi connectivity index (χ3n) is 2.54. The number of rotatable bonds is 6. The molecule has 0 aromatic heterocycles. The molecule has 0 aromatic carbocycles. The monoisotopic (exact) mass is 230 g/mol. The van der Waals surface area contributed by atoms with Gasteiger partial charge in [-0.3, -0.25) is 9.59 Å². The van der Waals surface area contributed by atoms with Crippen molar-refractivity contribution in [3.05, 3.63) is 0 Å². The first kappa shape index (κ1) is 14.9. The number of hydrogen-bond acceptors (Lipinski definition) is 4. The van der Waals surface area contributed by atoms with Gasteiger partial charge in [-0.1, -0.05) is 0 Å². The molecule has 0 aromatic rings. The average molecular weight is 230 g/mol. The van der Waals surface area contributed by atoms with Crippen LogP contribution in [0.1, 0.15) is 26.7 Å². The van der Waals surface area contributed by atoms with Crippen LogP contribution in [0.25, 0.3) is 0 Å². The Labute approximate surface area is 96.9 Å². The minimum absolute atomic E-state index is 0.000124. The first-order valence-electron chi connectivity index (χ1n) is 5.37. The van der Waals surface area contributed by atoms with Crippen LogP contribution in [0.5, 0.6) is 0 Å². The van der Waals surface area contributed by atoms with Crippen molar-refractivity contribution in [2.45, 2.75) is 26.7 Å². The van der Waals surface area contributed by atoms with Gasteiger partial charge in [0, 0.05) is 26.6 Å². The molecule has 0 aliphatic heterocycles. The lowest BCUT2D eigenvalue weighted by Crippen LogP contribution is -2.43. The number of nitrogens with zero attached hydrogens (tertiary/aromatic N) is 1. The van der Waals surface area contributed by atoms with Gasteiger partial charge in [-0.2, -0.15) is 0 Å². The van der Waals surface area contributed by atoms with Crippen LogP contribution in [0.2, 0.25) is 0 Å². The van der Waals surface area contributed by atoms with E-state index in [1.807, 2.05) is 13.8 Å². The summed E-state index contributed by atoms with van der Waals surface area (Å²) in [7, 11) is 3.08. The van der Waals surface area contributed by atoms with Crippen molar-refractivity contribution in [3.8, 4) is 0 Å². The highest BCUT2D eigenvalue weighted by atomic mass is 16.5. The van der Waals surface area contributed by atoms with E-state index in [-0.39, 0.29) is 11.9 Å². The summed E-state index contributed by atoms with van der Waals surface area (Å²) in [4.78, 5) is 24.3. The number of methoxy groups -OCH3 is 1. The van der Waals surface area contributed by atoms with Crippen molar-refractivity contribution in [2.24, 2.45) is 11.1 Å². The van der Waals surface area contributed by atoms with E-state index in [2.05, 4.69) is 4.74 Å². The Balaban J connectivity index is 4.02. The molecule has 0 rings (SSSR count). The van der Waals surface area contributed by atoms with E-state index in [4.69, 9.17) is 5.73 Å². The number of nitrogens with two attached hydrogens (primary N) is 1. The molecule has 0 atom stereocenters. The minimum Gasteiger partial charge on any atom is -0.469 e. The molecule has 16 heavy (non-hydrogen) atoms. The number of ether oxygens (including phenoxy) is 1. The van der Waals surface area contributed by atoms with Crippen molar-refractivity contribution in [3.63, 3.8) is 0 Å². The Kier molecular flexibility index (Phi) is 6.03. The van der Waals surface area contributed by atoms with Crippen molar-refractivity contribution >= 4 is 11.9 Å². The molecular formula is C11H22N2O3. The molecule has 0 radical (unpaired) electrons. The maximum Gasteiger partial charge on any atom is 0.305 e. The van der Waals surface area contributed by atoms with Gasteiger partial charge in [-0.15, -0.1) is 0 Å². The lowest BCUT2D eigenvalue weighted by atomic mass is 9.92. The second kappa shape index (κ2) is 6.48. The normalized spacial score (nSPS) is 11.1. The number of carbonyl (C=O) groups is 2. The molecular weight excluding hydrogens is 208 g/mol. The SMILES string of the molecule is COC(=O)CCCN(C)C(=O)C(C)(C)CN. The zero-order chi connectivity index (χ0) is 12.8. The number of esters is 1. The number of amides is 1. The Morgan fingerprint density at radius 1 is 1.38 bits per heavy atom. The highest BCUT2D eigenvalue weighted by Gasteiger charge is 2.28. The first-order valence-corrected chi connectivity index (χ1v) is 5.37. The van der Waals surface area contributed by atoms with Crippen LogP contribution in [-0.4, -0.2) is 44.0 Å². The smallest absolute Gasteiger partial charge is 0.305 e. The molecule has 0 fully saturated rings. The summed E-state index contributed by atoms with van der Waals surface area (Å²) in [5.41, 5.74) is 4.98. The molecule has 5 nitrogen and oxygen atoms in total. The van der Waals surface area contributed by atoms with Crippen LogP contribution < -0.4 is 5.73 Å². The van der Waals surface area contributed by atoms with E-state index in [0.717, 1.165) is 0 Å². The maximum atomic E-state index is 11.9. The van der Waals surface area contributed by atoms with Crippen molar-refractivity contribution in [1.82, 2.24) is 4.90 Å². The molecule has 0 saturated heterocycles. The van der Waals surface area contributed by atoms with Gasteiger partial charge in [0.25, 0.3) is 0 Å². The molecule has 0 bridgehead atoms. The topological polar surface area (TPSA) is 72.6 Å². The molecule has 0 unspecified atom stereocenters. The van der Waals surface area contributed by atoms with Gasteiger partial charge in [-0.05, 0) is 20.3 Å². The third kappa shape index (κ3) is 4.61. The largest absolute Gasteiger partial charge is 0.469 e. The zero-order valence-electron chi connectivity index (χ0n) is 10.6. The van der Waals surface area contributed by atoms with E-state index in [0.29, 0.717) is 25.9 Å². The Hall–Kier alpha value is -1.10. The Morgan fingerprint density at radius 3 is 2.38 bits per heavy atom. The van der Waals surface area contributed by atoms with E-state index in [1.165, 1.54) is 7.11 Å². The predicted octanol–water partition coefficient (Wildman–Crippen LogP) is 0.383. The zero-order valence-corrected chi connectivity index (χ0v) is 10.6. The molecule has 0 spiro atoms. The third-order valence-corrected chi connectivity index (χ3v) is 2.54. The lowest BCUT2D eigenvalue weighted by molar-refractivity contribution is -0.142. The van der Waals surface area contributed by atoms with E-state index >= 15 is 0 Å². The quantitative estimate of drug-likeness (QED) is 0.670. The standard InChI is InChI=1S/C11H22N2O3/c1-11(2,8-12)10(15)13(3)7-5-6-9(14)16-4/h5-8,12H2,1-4H3. The van der Waals surface area contributed by atoms with Gasteiger partial charge in [0.2, 0.25) is 5.91 Å². The van der Waals surface area contributed by atoms with Crippen LogP contribution in [0.3, 0.4) is 0 Å².